The van der Waals surface area contributed by atoms with Gasteiger partial charge >= 0.3 is 0 Å². The molecule has 106 valence electrons. The lowest BCUT2D eigenvalue weighted by atomic mass is 10.3. The standard InChI is InChI=1S/C13H26N2O3/c1-17-10-4-11-18-12-7-14-6-5-13(16)15-8-2-3-9-15/h14H,2-12H2,1H3. The molecule has 0 radical (unpaired) electrons. The van der Waals surface area contributed by atoms with Crippen LogP contribution in [0.2, 0.25) is 0 Å². The molecule has 0 atom stereocenters. The van der Waals surface area contributed by atoms with E-state index in [9.17, 15) is 4.79 Å². The molecular formula is C13H26N2O3. The number of likely N-dealkylation sites (tertiary alicyclic amines) is 1. The molecule has 5 heteroatoms. The first-order chi connectivity index (χ1) is 8.84. The Kier molecular flexibility index (Phi) is 8.81. The topological polar surface area (TPSA) is 50.8 Å². The Morgan fingerprint density at radius 3 is 2.67 bits per heavy atom. The number of carbonyl (C=O) groups is 1. The normalized spacial score (nSPS) is 15.3. The molecule has 0 saturated carbocycles. The van der Waals surface area contributed by atoms with Crippen molar-refractivity contribution in [1.29, 1.82) is 0 Å². The Morgan fingerprint density at radius 1 is 1.17 bits per heavy atom. The minimum Gasteiger partial charge on any atom is -0.385 e. The van der Waals surface area contributed by atoms with Crippen LogP contribution < -0.4 is 5.32 Å². The Morgan fingerprint density at radius 2 is 1.94 bits per heavy atom. The van der Waals surface area contributed by atoms with Crippen LogP contribution in [0.5, 0.6) is 0 Å². The van der Waals surface area contributed by atoms with Crippen molar-refractivity contribution in [3.8, 4) is 0 Å². The second-order valence-corrected chi connectivity index (χ2v) is 4.55. The Balaban J connectivity index is 1.82. The van der Waals surface area contributed by atoms with Gasteiger partial charge in [-0.3, -0.25) is 4.79 Å². The molecule has 0 aliphatic carbocycles. The summed E-state index contributed by atoms with van der Waals surface area (Å²) in [7, 11) is 1.69. The summed E-state index contributed by atoms with van der Waals surface area (Å²) in [5, 5.41) is 3.23. The zero-order valence-electron chi connectivity index (χ0n) is 11.5. The second kappa shape index (κ2) is 10.3. The number of ether oxygens (including phenoxy) is 2. The molecule has 0 aromatic rings. The molecule has 18 heavy (non-hydrogen) atoms. The molecule has 0 aromatic carbocycles. The molecule has 1 fully saturated rings. The zero-order valence-corrected chi connectivity index (χ0v) is 11.5. The van der Waals surface area contributed by atoms with Crippen LogP contribution in [0.4, 0.5) is 0 Å². The summed E-state index contributed by atoms with van der Waals surface area (Å²) in [4.78, 5) is 13.7. The summed E-state index contributed by atoms with van der Waals surface area (Å²) in [6.45, 7) is 5.63. The van der Waals surface area contributed by atoms with E-state index in [2.05, 4.69) is 5.32 Å². The number of carbonyl (C=O) groups excluding carboxylic acids is 1. The highest BCUT2D eigenvalue weighted by molar-refractivity contribution is 5.76. The first kappa shape index (κ1) is 15.4. The third-order valence-corrected chi connectivity index (χ3v) is 3.03. The van der Waals surface area contributed by atoms with E-state index in [4.69, 9.17) is 9.47 Å². The highest BCUT2D eigenvalue weighted by atomic mass is 16.5. The summed E-state index contributed by atoms with van der Waals surface area (Å²) in [6.07, 6.45) is 3.86. The smallest absolute Gasteiger partial charge is 0.223 e. The molecule has 1 heterocycles. The van der Waals surface area contributed by atoms with Crippen LogP contribution in [0.3, 0.4) is 0 Å². The maximum absolute atomic E-state index is 11.7. The van der Waals surface area contributed by atoms with Crippen molar-refractivity contribution >= 4 is 5.91 Å². The van der Waals surface area contributed by atoms with Crippen LogP contribution in [0.1, 0.15) is 25.7 Å². The molecule has 1 amide bonds. The third kappa shape index (κ3) is 6.93. The average Bonchev–Trinajstić information content (AvgIpc) is 2.90. The van der Waals surface area contributed by atoms with Gasteiger partial charge in [-0.1, -0.05) is 0 Å². The highest BCUT2D eigenvalue weighted by Gasteiger charge is 2.16. The van der Waals surface area contributed by atoms with Gasteiger partial charge in [0.25, 0.3) is 0 Å². The summed E-state index contributed by atoms with van der Waals surface area (Å²) in [5.41, 5.74) is 0. The Bertz CT molecular complexity index is 218. The van der Waals surface area contributed by atoms with E-state index in [0.29, 0.717) is 13.0 Å². The summed E-state index contributed by atoms with van der Waals surface area (Å²) < 4.78 is 10.3. The quantitative estimate of drug-likeness (QED) is 0.584. The fraction of sp³-hybridized carbons (Fsp3) is 0.923. The van der Waals surface area contributed by atoms with Gasteiger partial charge < -0.3 is 19.7 Å². The van der Waals surface area contributed by atoms with Crippen LogP contribution in [-0.4, -0.2) is 63.9 Å². The van der Waals surface area contributed by atoms with Crippen LogP contribution in [0, 0.1) is 0 Å². The number of nitrogens with one attached hydrogen (secondary N) is 1. The maximum Gasteiger partial charge on any atom is 0.223 e. The van der Waals surface area contributed by atoms with E-state index in [1.54, 1.807) is 7.11 Å². The molecule has 0 spiro atoms. The van der Waals surface area contributed by atoms with Gasteiger partial charge in [-0.25, -0.2) is 0 Å². The molecular weight excluding hydrogens is 232 g/mol. The van der Waals surface area contributed by atoms with E-state index in [1.807, 2.05) is 4.90 Å². The molecule has 0 aromatic heterocycles. The van der Waals surface area contributed by atoms with Gasteiger partial charge in [-0.05, 0) is 19.3 Å². The van der Waals surface area contributed by atoms with Crippen LogP contribution in [0.15, 0.2) is 0 Å². The molecule has 1 aliphatic rings. The number of hydrogen-bond donors (Lipinski definition) is 1. The number of nitrogens with zero attached hydrogens (tertiary/aromatic N) is 1. The molecule has 1 saturated heterocycles. The van der Waals surface area contributed by atoms with Crippen LogP contribution in [0.25, 0.3) is 0 Å². The fourth-order valence-corrected chi connectivity index (χ4v) is 2.00. The fourth-order valence-electron chi connectivity index (χ4n) is 2.00. The van der Waals surface area contributed by atoms with Crippen molar-refractivity contribution in [3.05, 3.63) is 0 Å². The van der Waals surface area contributed by atoms with Crippen molar-refractivity contribution in [3.63, 3.8) is 0 Å². The SMILES string of the molecule is COCCCOCCNCCC(=O)N1CCCC1. The number of hydrogen-bond acceptors (Lipinski definition) is 4. The van der Waals surface area contributed by atoms with E-state index in [0.717, 1.165) is 58.7 Å². The minimum absolute atomic E-state index is 0.279. The van der Waals surface area contributed by atoms with Crippen LogP contribution >= 0.6 is 0 Å². The predicted molar refractivity (Wildman–Crippen MR) is 70.6 cm³/mol. The summed E-state index contributed by atoms with van der Waals surface area (Å²) >= 11 is 0. The largest absolute Gasteiger partial charge is 0.385 e. The van der Waals surface area contributed by atoms with Crippen LogP contribution in [-0.2, 0) is 14.3 Å². The molecule has 1 N–H and O–H groups in total. The van der Waals surface area contributed by atoms with E-state index in [1.165, 1.54) is 0 Å². The van der Waals surface area contributed by atoms with Gasteiger partial charge in [0.15, 0.2) is 0 Å². The summed E-state index contributed by atoms with van der Waals surface area (Å²) in [5.74, 6) is 0.279. The number of amides is 1. The van der Waals surface area contributed by atoms with Crippen molar-refractivity contribution in [1.82, 2.24) is 10.2 Å². The van der Waals surface area contributed by atoms with Gasteiger partial charge in [0.1, 0.15) is 0 Å². The second-order valence-electron chi connectivity index (χ2n) is 4.55. The van der Waals surface area contributed by atoms with Crippen molar-refractivity contribution < 1.29 is 14.3 Å². The third-order valence-electron chi connectivity index (χ3n) is 3.03. The van der Waals surface area contributed by atoms with Gasteiger partial charge in [-0.15, -0.1) is 0 Å². The average molecular weight is 258 g/mol. The molecule has 0 bridgehead atoms. The molecule has 1 aliphatic heterocycles. The predicted octanol–water partition coefficient (Wildman–Crippen LogP) is 0.642. The number of rotatable bonds is 10. The Hall–Kier alpha value is -0.650. The van der Waals surface area contributed by atoms with Crippen molar-refractivity contribution in [2.24, 2.45) is 0 Å². The summed E-state index contributed by atoms with van der Waals surface area (Å²) in [6, 6.07) is 0. The lowest BCUT2D eigenvalue weighted by Gasteiger charge is -2.15. The van der Waals surface area contributed by atoms with Crippen molar-refractivity contribution in [2.75, 3.05) is 53.1 Å². The van der Waals surface area contributed by atoms with Crippen molar-refractivity contribution in [2.45, 2.75) is 25.7 Å². The molecule has 0 unspecified atom stereocenters. The van der Waals surface area contributed by atoms with E-state index >= 15 is 0 Å². The number of methoxy groups -OCH3 is 1. The van der Waals surface area contributed by atoms with Gasteiger partial charge in [0, 0.05) is 52.9 Å². The van der Waals surface area contributed by atoms with E-state index in [-0.39, 0.29) is 5.91 Å². The first-order valence-electron chi connectivity index (χ1n) is 6.90. The monoisotopic (exact) mass is 258 g/mol. The highest BCUT2D eigenvalue weighted by Crippen LogP contribution is 2.08. The molecule has 1 rings (SSSR count). The lowest BCUT2D eigenvalue weighted by molar-refractivity contribution is -0.130. The minimum atomic E-state index is 0.279. The van der Waals surface area contributed by atoms with E-state index < -0.39 is 0 Å². The van der Waals surface area contributed by atoms with Gasteiger partial charge in [0.05, 0.1) is 6.61 Å². The molecule has 5 nitrogen and oxygen atoms in total. The zero-order chi connectivity index (χ0) is 13.1. The van der Waals surface area contributed by atoms with Gasteiger partial charge in [-0.2, -0.15) is 0 Å². The Labute approximate surface area is 110 Å². The first-order valence-corrected chi connectivity index (χ1v) is 6.90. The lowest BCUT2D eigenvalue weighted by Crippen LogP contribution is -2.31. The maximum atomic E-state index is 11.7. The van der Waals surface area contributed by atoms with Gasteiger partial charge in [0.2, 0.25) is 5.91 Å².